The van der Waals surface area contributed by atoms with Gasteiger partial charge >= 0.3 is 0 Å². The fourth-order valence-corrected chi connectivity index (χ4v) is 5.95. The normalized spacial score (nSPS) is 11.9. The number of ether oxygens (including phenoxy) is 1. The number of sulfonamides is 1. The van der Waals surface area contributed by atoms with Gasteiger partial charge in [0.25, 0.3) is 10.0 Å². The van der Waals surface area contributed by atoms with E-state index in [1.807, 2.05) is 32.2 Å². The molecule has 8 nitrogen and oxygen atoms in total. The molecule has 0 heterocycles. The van der Waals surface area contributed by atoms with E-state index in [2.05, 4.69) is 5.32 Å². The van der Waals surface area contributed by atoms with Crippen molar-refractivity contribution in [2.45, 2.75) is 42.6 Å². The number of likely N-dealkylation sites (N-methyl/N-ethyl adjacent to an activating group) is 1. The minimum atomic E-state index is -4.10. The van der Waals surface area contributed by atoms with E-state index in [0.29, 0.717) is 17.9 Å². The second-order valence-corrected chi connectivity index (χ2v) is 11.7. The molecule has 0 unspecified atom stereocenters. The van der Waals surface area contributed by atoms with Gasteiger partial charge in [0.1, 0.15) is 18.3 Å². The molecule has 2 amide bonds. The minimum absolute atomic E-state index is 0.0775. The Labute approximate surface area is 235 Å². The number of rotatable bonds is 12. The van der Waals surface area contributed by atoms with Crippen molar-refractivity contribution in [2.75, 3.05) is 31.3 Å². The minimum Gasteiger partial charge on any atom is -0.497 e. The molecule has 0 aliphatic heterocycles. The Morgan fingerprint density at radius 3 is 2.10 bits per heavy atom. The van der Waals surface area contributed by atoms with Gasteiger partial charge in [-0.25, -0.2) is 8.42 Å². The number of thioether (sulfide) groups is 1. The van der Waals surface area contributed by atoms with E-state index in [4.69, 9.17) is 4.74 Å². The molecule has 0 aliphatic carbocycles. The van der Waals surface area contributed by atoms with Crippen molar-refractivity contribution in [3.8, 4) is 5.75 Å². The number of aryl methyl sites for hydroxylation is 1. The molecule has 208 valence electrons. The maximum absolute atomic E-state index is 13.9. The third-order valence-electron chi connectivity index (χ3n) is 6.39. The SMILES string of the molecule is CC[C@@H](C(=O)NC)N(Cc1ccc(OC)cc1)C(=O)CN(c1ccc(C)cc1)S(=O)(=O)c1ccc(SC)cc1. The second-order valence-electron chi connectivity index (χ2n) is 8.93. The third-order valence-corrected chi connectivity index (χ3v) is 8.92. The Kier molecular flexibility index (Phi) is 10.4. The summed E-state index contributed by atoms with van der Waals surface area (Å²) in [5, 5.41) is 2.63. The van der Waals surface area contributed by atoms with Crippen LogP contribution in [0.25, 0.3) is 0 Å². The summed E-state index contributed by atoms with van der Waals surface area (Å²) >= 11 is 1.51. The predicted octanol–water partition coefficient (Wildman–Crippen LogP) is 4.47. The van der Waals surface area contributed by atoms with Gasteiger partial charge in [0.15, 0.2) is 0 Å². The summed E-state index contributed by atoms with van der Waals surface area (Å²) in [7, 11) is -1.02. The fourth-order valence-electron chi connectivity index (χ4n) is 4.13. The molecule has 0 saturated carbocycles. The number of methoxy groups -OCH3 is 1. The van der Waals surface area contributed by atoms with Crippen LogP contribution >= 0.6 is 11.8 Å². The molecule has 1 N–H and O–H groups in total. The first-order valence-corrected chi connectivity index (χ1v) is 15.2. The molecular formula is C29H35N3O5S2. The van der Waals surface area contributed by atoms with Gasteiger partial charge in [-0.15, -0.1) is 11.8 Å². The van der Waals surface area contributed by atoms with E-state index in [1.165, 1.54) is 23.7 Å². The number of carbonyl (C=O) groups is 2. The summed E-state index contributed by atoms with van der Waals surface area (Å²) in [6, 6.07) is 19.9. The van der Waals surface area contributed by atoms with E-state index in [1.54, 1.807) is 67.8 Å². The Morgan fingerprint density at radius 2 is 1.59 bits per heavy atom. The molecule has 0 aliphatic rings. The third kappa shape index (κ3) is 7.33. The number of hydrogen-bond acceptors (Lipinski definition) is 6. The van der Waals surface area contributed by atoms with Gasteiger partial charge in [-0.05, 0) is 73.7 Å². The topological polar surface area (TPSA) is 96.0 Å². The highest BCUT2D eigenvalue weighted by molar-refractivity contribution is 7.98. The molecule has 3 aromatic rings. The Bertz CT molecular complexity index is 1360. The number of nitrogens with zero attached hydrogens (tertiary/aromatic N) is 2. The van der Waals surface area contributed by atoms with E-state index in [0.717, 1.165) is 20.3 Å². The van der Waals surface area contributed by atoms with Crippen LogP contribution in [0.3, 0.4) is 0 Å². The Hall–Kier alpha value is -3.50. The zero-order valence-electron chi connectivity index (χ0n) is 22.9. The Balaban J connectivity index is 2.04. The summed E-state index contributed by atoms with van der Waals surface area (Å²) in [6.07, 6.45) is 2.27. The van der Waals surface area contributed by atoms with Gasteiger partial charge in [-0.3, -0.25) is 13.9 Å². The van der Waals surface area contributed by atoms with Crippen LogP contribution in [0.2, 0.25) is 0 Å². The van der Waals surface area contributed by atoms with E-state index in [9.17, 15) is 18.0 Å². The summed E-state index contributed by atoms with van der Waals surface area (Å²) < 4.78 is 34.1. The molecule has 3 aromatic carbocycles. The van der Waals surface area contributed by atoms with Gasteiger partial charge in [-0.2, -0.15) is 0 Å². The van der Waals surface area contributed by atoms with Crippen molar-refractivity contribution in [3.05, 3.63) is 83.9 Å². The van der Waals surface area contributed by atoms with Gasteiger partial charge in [0.05, 0.1) is 17.7 Å². The van der Waals surface area contributed by atoms with Crippen LogP contribution in [-0.2, 0) is 26.2 Å². The van der Waals surface area contributed by atoms with Crippen LogP contribution in [-0.4, -0.2) is 58.1 Å². The van der Waals surface area contributed by atoms with Crippen LogP contribution < -0.4 is 14.4 Å². The van der Waals surface area contributed by atoms with Gasteiger partial charge in [0.2, 0.25) is 11.8 Å². The lowest BCUT2D eigenvalue weighted by Gasteiger charge is -2.33. The first-order valence-electron chi connectivity index (χ1n) is 12.5. The van der Waals surface area contributed by atoms with Crippen molar-refractivity contribution in [1.29, 1.82) is 0 Å². The quantitative estimate of drug-likeness (QED) is 0.323. The maximum atomic E-state index is 13.9. The lowest BCUT2D eigenvalue weighted by atomic mass is 10.1. The molecule has 0 aromatic heterocycles. The summed E-state index contributed by atoms with van der Waals surface area (Å²) in [5.74, 6) is -0.151. The highest BCUT2D eigenvalue weighted by Crippen LogP contribution is 2.27. The first-order chi connectivity index (χ1) is 18.6. The standard InChI is InChI=1S/C29H35N3O5S2/c1-6-27(29(34)30-3)31(19-22-9-13-24(37-4)14-10-22)28(33)20-32(23-11-7-21(2)8-12-23)39(35,36)26-17-15-25(38-5)16-18-26/h7-18,27H,6,19-20H2,1-5H3,(H,30,34)/t27-/m0/s1. The number of anilines is 1. The lowest BCUT2D eigenvalue weighted by molar-refractivity contribution is -0.140. The molecule has 0 fully saturated rings. The number of nitrogens with one attached hydrogen (secondary N) is 1. The average molecular weight is 570 g/mol. The van der Waals surface area contributed by atoms with E-state index >= 15 is 0 Å². The largest absolute Gasteiger partial charge is 0.497 e. The monoisotopic (exact) mass is 569 g/mol. The zero-order valence-corrected chi connectivity index (χ0v) is 24.5. The van der Waals surface area contributed by atoms with Crippen LogP contribution in [0, 0.1) is 6.92 Å². The van der Waals surface area contributed by atoms with E-state index in [-0.39, 0.29) is 17.3 Å². The van der Waals surface area contributed by atoms with Gasteiger partial charge in [0, 0.05) is 18.5 Å². The number of benzene rings is 3. The molecule has 10 heteroatoms. The molecule has 3 rings (SSSR count). The first kappa shape index (κ1) is 30.0. The van der Waals surface area contributed by atoms with Gasteiger partial charge < -0.3 is 15.0 Å². The molecule has 0 saturated heterocycles. The Morgan fingerprint density at radius 1 is 0.974 bits per heavy atom. The summed E-state index contributed by atoms with van der Waals surface area (Å²) in [5.41, 5.74) is 2.10. The predicted molar refractivity (Wildman–Crippen MR) is 156 cm³/mol. The zero-order chi connectivity index (χ0) is 28.6. The highest BCUT2D eigenvalue weighted by atomic mass is 32.2. The van der Waals surface area contributed by atoms with Crippen molar-refractivity contribution in [1.82, 2.24) is 10.2 Å². The highest BCUT2D eigenvalue weighted by Gasteiger charge is 2.33. The summed E-state index contributed by atoms with van der Waals surface area (Å²) in [4.78, 5) is 29.2. The van der Waals surface area contributed by atoms with Gasteiger partial charge in [-0.1, -0.05) is 36.8 Å². The molecule has 39 heavy (non-hydrogen) atoms. The molecule has 0 spiro atoms. The smallest absolute Gasteiger partial charge is 0.264 e. The number of amides is 2. The molecular weight excluding hydrogens is 534 g/mol. The molecule has 0 bridgehead atoms. The number of carbonyl (C=O) groups excluding carboxylic acids is 2. The van der Waals surface area contributed by atoms with Crippen molar-refractivity contribution in [3.63, 3.8) is 0 Å². The van der Waals surface area contributed by atoms with Crippen LogP contribution in [0.4, 0.5) is 5.69 Å². The average Bonchev–Trinajstić information content (AvgIpc) is 2.96. The van der Waals surface area contributed by atoms with Crippen LogP contribution in [0.15, 0.2) is 82.6 Å². The van der Waals surface area contributed by atoms with Crippen molar-refractivity contribution < 1.29 is 22.7 Å². The lowest BCUT2D eigenvalue weighted by Crippen LogP contribution is -2.51. The number of hydrogen-bond donors (Lipinski definition) is 1. The molecule has 0 radical (unpaired) electrons. The van der Waals surface area contributed by atoms with Crippen molar-refractivity contribution >= 4 is 39.3 Å². The molecule has 1 atom stereocenters. The van der Waals surface area contributed by atoms with Crippen LogP contribution in [0.5, 0.6) is 5.75 Å². The van der Waals surface area contributed by atoms with Crippen molar-refractivity contribution in [2.24, 2.45) is 0 Å². The van der Waals surface area contributed by atoms with Crippen LogP contribution in [0.1, 0.15) is 24.5 Å². The second kappa shape index (κ2) is 13.5. The van der Waals surface area contributed by atoms with E-state index < -0.39 is 28.5 Å². The maximum Gasteiger partial charge on any atom is 0.264 e. The summed E-state index contributed by atoms with van der Waals surface area (Å²) in [6.45, 7) is 3.37. The fraction of sp³-hybridized carbons (Fsp3) is 0.310.